The number of esters is 1. The number of rotatable bonds is 7. The SMILES string of the molecule is CCOC(=O)[C@](NC(=O)c1cccc(C(F)(F)F)c1)(Nc1ccc(OC(F)(F)F)cc1)C(F)(F)F. The summed E-state index contributed by atoms with van der Waals surface area (Å²) >= 11 is 0. The molecule has 192 valence electrons. The van der Waals surface area contributed by atoms with Gasteiger partial charge < -0.3 is 20.1 Å². The first kappa shape index (κ1) is 27.6. The summed E-state index contributed by atoms with van der Waals surface area (Å²) in [5, 5.41) is 2.99. The first-order valence-corrected chi connectivity index (χ1v) is 9.36. The number of ether oxygens (including phenoxy) is 2. The van der Waals surface area contributed by atoms with Gasteiger partial charge in [-0.15, -0.1) is 13.2 Å². The molecule has 2 rings (SSSR count). The Kier molecular flexibility index (Phi) is 7.82. The van der Waals surface area contributed by atoms with Crippen molar-refractivity contribution in [2.75, 3.05) is 11.9 Å². The van der Waals surface area contributed by atoms with Crippen LogP contribution in [0.2, 0.25) is 0 Å². The molecular formula is C20H15F9N2O4. The van der Waals surface area contributed by atoms with Crippen LogP contribution < -0.4 is 15.4 Å². The molecule has 1 atom stereocenters. The summed E-state index contributed by atoms with van der Waals surface area (Å²) in [5.41, 5.74) is -6.85. The largest absolute Gasteiger partial charge is 0.573 e. The Bertz CT molecular complexity index is 1050. The van der Waals surface area contributed by atoms with Gasteiger partial charge in [-0.2, -0.15) is 26.3 Å². The molecule has 6 nitrogen and oxygen atoms in total. The van der Waals surface area contributed by atoms with Gasteiger partial charge >= 0.3 is 30.3 Å². The number of amides is 1. The highest BCUT2D eigenvalue weighted by Gasteiger charge is 2.63. The van der Waals surface area contributed by atoms with Gasteiger partial charge in [0, 0.05) is 11.3 Å². The first-order chi connectivity index (χ1) is 16.0. The van der Waals surface area contributed by atoms with Crippen LogP contribution in [-0.4, -0.2) is 36.7 Å². The van der Waals surface area contributed by atoms with Crippen LogP contribution in [0.15, 0.2) is 48.5 Å². The molecule has 0 radical (unpaired) electrons. The maximum Gasteiger partial charge on any atom is 0.573 e. The minimum atomic E-state index is -5.64. The Morgan fingerprint density at radius 2 is 1.49 bits per heavy atom. The number of alkyl halides is 9. The summed E-state index contributed by atoms with van der Waals surface area (Å²) in [7, 11) is 0. The van der Waals surface area contributed by atoms with E-state index in [1.807, 2.05) is 0 Å². The van der Waals surface area contributed by atoms with E-state index in [1.54, 1.807) is 5.32 Å². The summed E-state index contributed by atoms with van der Waals surface area (Å²) < 4.78 is 126. The average Bonchev–Trinajstić information content (AvgIpc) is 2.72. The van der Waals surface area contributed by atoms with Gasteiger partial charge in [-0.25, -0.2) is 4.79 Å². The van der Waals surface area contributed by atoms with E-state index in [2.05, 4.69) is 9.47 Å². The second-order valence-corrected chi connectivity index (χ2v) is 6.70. The standard InChI is InChI=1S/C20H15F9N2O4/c1-2-34-16(33)17(19(24,25)26,30-13-6-8-14(9-7-13)35-20(27,28)29)31-15(32)11-4-3-5-12(10-11)18(21,22)23/h3-10,30H,2H2,1H3,(H,31,32)/t17-/m1/s1. The first-order valence-electron chi connectivity index (χ1n) is 9.36. The van der Waals surface area contributed by atoms with Crippen molar-refractivity contribution >= 4 is 17.6 Å². The van der Waals surface area contributed by atoms with Gasteiger partial charge in [0.05, 0.1) is 12.2 Å². The van der Waals surface area contributed by atoms with Gasteiger partial charge in [0.2, 0.25) is 0 Å². The Labute approximate surface area is 191 Å². The fourth-order valence-electron chi connectivity index (χ4n) is 2.67. The van der Waals surface area contributed by atoms with Gasteiger partial charge in [-0.3, -0.25) is 4.79 Å². The van der Waals surface area contributed by atoms with Crippen molar-refractivity contribution in [3.8, 4) is 5.75 Å². The number of benzene rings is 2. The van der Waals surface area contributed by atoms with Crippen molar-refractivity contribution in [1.82, 2.24) is 5.32 Å². The summed E-state index contributed by atoms with van der Waals surface area (Å²) in [4.78, 5) is 24.9. The van der Waals surface area contributed by atoms with Gasteiger partial charge in [-0.1, -0.05) is 6.07 Å². The molecule has 0 saturated heterocycles. The van der Waals surface area contributed by atoms with Gasteiger partial charge in [0.25, 0.3) is 5.91 Å². The van der Waals surface area contributed by atoms with E-state index in [9.17, 15) is 49.1 Å². The topological polar surface area (TPSA) is 76.7 Å². The molecule has 0 aliphatic rings. The summed E-state index contributed by atoms with van der Waals surface area (Å²) in [6.45, 7) is 0.563. The molecule has 0 unspecified atom stereocenters. The van der Waals surface area contributed by atoms with E-state index < -0.39 is 65.4 Å². The third-order valence-corrected chi connectivity index (χ3v) is 4.18. The maximum atomic E-state index is 14.1. The lowest BCUT2D eigenvalue weighted by Gasteiger charge is -2.35. The number of carbonyl (C=O) groups excluding carboxylic acids is 2. The number of carbonyl (C=O) groups is 2. The molecule has 0 aliphatic heterocycles. The van der Waals surface area contributed by atoms with Crippen LogP contribution >= 0.6 is 0 Å². The number of anilines is 1. The summed E-state index contributed by atoms with van der Waals surface area (Å²) in [6, 6.07) is 4.99. The Balaban J connectivity index is 2.49. The quantitative estimate of drug-likeness (QED) is 0.297. The maximum absolute atomic E-state index is 14.1. The van der Waals surface area contributed by atoms with Crippen molar-refractivity contribution in [3.63, 3.8) is 0 Å². The molecule has 0 saturated carbocycles. The molecule has 15 heteroatoms. The van der Waals surface area contributed by atoms with Crippen LogP contribution in [0.3, 0.4) is 0 Å². The average molecular weight is 518 g/mol. The molecule has 0 aliphatic carbocycles. The second-order valence-electron chi connectivity index (χ2n) is 6.70. The van der Waals surface area contributed by atoms with Gasteiger partial charge in [0.1, 0.15) is 5.75 Å². The zero-order valence-corrected chi connectivity index (χ0v) is 17.4. The lowest BCUT2D eigenvalue weighted by atomic mass is 10.1. The zero-order chi connectivity index (χ0) is 26.7. The van der Waals surface area contributed by atoms with Crippen LogP contribution in [0.25, 0.3) is 0 Å². The van der Waals surface area contributed by atoms with Crippen molar-refractivity contribution in [3.05, 3.63) is 59.7 Å². The van der Waals surface area contributed by atoms with Crippen LogP contribution in [0.5, 0.6) is 5.75 Å². The van der Waals surface area contributed by atoms with Gasteiger partial charge in [0.15, 0.2) is 0 Å². The highest BCUT2D eigenvalue weighted by molar-refractivity contribution is 5.99. The molecule has 2 N–H and O–H groups in total. The molecule has 1 amide bonds. The molecule has 0 fully saturated rings. The predicted molar refractivity (Wildman–Crippen MR) is 101 cm³/mol. The minimum Gasteiger partial charge on any atom is -0.463 e. The number of halogens is 9. The normalized spacial score (nSPS) is 14.0. The molecule has 2 aromatic carbocycles. The highest BCUT2D eigenvalue weighted by atomic mass is 19.4. The van der Waals surface area contributed by atoms with Crippen molar-refractivity contribution < 1.29 is 58.6 Å². The molecule has 0 heterocycles. The molecular weight excluding hydrogens is 503 g/mol. The van der Waals surface area contributed by atoms with E-state index >= 15 is 0 Å². The fourth-order valence-corrected chi connectivity index (χ4v) is 2.67. The Morgan fingerprint density at radius 1 is 0.886 bits per heavy atom. The van der Waals surface area contributed by atoms with Crippen LogP contribution in [0, 0.1) is 0 Å². The van der Waals surface area contributed by atoms with E-state index in [-0.39, 0.29) is 6.07 Å². The van der Waals surface area contributed by atoms with Crippen LogP contribution in [-0.2, 0) is 15.7 Å². The monoisotopic (exact) mass is 518 g/mol. The third kappa shape index (κ3) is 6.93. The Hall–Kier alpha value is -3.65. The number of hydrogen-bond acceptors (Lipinski definition) is 5. The molecule has 35 heavy (non-hydrogen) atoms. The summed E-state index contributed by atoms with van der Waals surface area (Å²) in [5.74, 6) is -4.61. The van der Waals surface area contributed by atoms with Crippen molar-refractivity contribution in [2.45, 2.75) is 31.3 Å². The molecule has 2 aromatic rings. The minimum absolute atomic E-state index is 0.269. The van der Waals surface area contributed by atoms with Crippen molar-refractivity contribution in [2.24, 2.45) is 0 Å². The number of hydrogen-bond donors (Lipinski definition) is 2. The lowest BCUT2D eigenvalue weighted by molar-refractivity contribution is -0.274. The predicted octanol–water partition coefficient (Wildman–Crippen LogP) is 5.27. The van der Waals surface area contributed by atoms with Crippen LogP contribution in [0.4, 0.5) is 45.2 Å². The van der Waals surface area contributed by atoms with Crippen LogP contribution in [0.1, 0.15) is 22.8 Å². The van der Waals surface area contributed by atoms with Gasteiger partial charge in [-0.05, 0) is 49.4 Å². The van der Waals surface area contributed by atoms with Crippen molar-refractivity contribution in [1.29, 1.82) is 0 Å². The molecule has 0 spiro atoms. The van der Waals surface area contributed by atoms with E-state index in [0.717, 1.165) is 19.1 Å². The summed E-state index contributed by atoms with van der Waals surface area (Å²) in [6.07, 6.45) is -15.6. The molecule has 0 aromatic heterocycles. The fraction of sp³-hybridized carbons (Fsp3) is 0.300. The number of nitrogens with one attached hydrogen (secondary N) is 2. The Morgan fingerprint density at radius 3 is 1.97 bits per heavy atom. The highest BCUT2D eigenvalue weighted by Crippen LogP contribution is 2.35. The zero-order valence-electron chi connectivity index (χ0n) is 17.4. The lowest BCUT2D eigenvalue weighted by Crippen LogP contribution is -2.69. The van der Waals surface area contributed by atoms with E-state index in [4.69, 9.17) is 0 Å². The third-order valence-electron chi connectivity index (χ3n) is 4.18. The molecule has 0 bridgehead atoms. The van der Waals surface area contributed by atoms with E-state index in [0.29, 0.717) is 30.3 Å². The second kappa shape index (κ2) is 9.92. The van der Waals surface area contributed by atoms with E-state index in [1.165, 1.54) is 5.32 Å². The smallest absolute Gasteiger partial charge is 0.463 e.